The molecule has 11 aromatic carbocycles. The first-order valence-corrected chi connectivity index (χ1v) is 18.8. The molecule has 0 unspecified atom stereocenters. The SMILES string of the molecule is c1ccc(-c2c3ccccc3c(-c3ccccc3)c3cc(-c4ccc(-c5ccc6c7ccccc7c7ccccc7c6c5)c5ccccc45)ccc23)cc1. The van der Waals surface area contributed by atoms with Crippen LogP contribution in [0.5, 0.6) is 0 Å². The van der Waals surface area contributed by atoms with Crippen LogP contribution in [0, 0.1) is 0 Å². The molecule has 0 atom stereocenters. The molecule has 0 amide bonds. The molecule has 0 fully saturated rings. The van der Waals surface area contributed by atoms with Crippen LogP contribution in [0.25, 0.3) is 109 Å². The Morgan fingerprint density at radius 3 is 0.963 bits per heavy atom. The molecular formula is C54H34. The van der Waals surface area contributed by atoms with Gasteiger partial charge in [-0.05, 0) is 121 Å². The van der Waals surface area contributed by atoms with E-state index in [0.717, 1.165) is 0 Å². The third kappa shape index (κ3) is 4.71. The van der Waals surface area contributed by atoms with Crippen LogP contribution in [-0.4, -0.2) is 0 Å². The maximum absolute atomic E-state index is 2.44. The molecule has 0 aliphatic carbocycles. The highest BCUT2D eigenvalue weighted by molar-refractivity contribution is 6.26. The zero-order chi connectivity index (χ0) is 35.6. The Hall–Kier alpha value is -7.02. The lowest BCUT2D eigenvalue weighted by Crippen LogP contribution is -1.92. The number of hydrogen-bond acceptors (Lipinski definition) is 0. The summed E-state index contributed by atoms with van der Waals surface area (Å²) >= 11 is 0. The summed E-state index contributed by atoms with van der Waals surface area (Å²) in [5.41, 5.74) is 9.95. The highest BCUT2D eigenvalue weighted by Crippen LogP contribution is 2.46. The van der Waals surface area contributed by atoms with Crippen molar-refractivity contribution < 1.29 is 0 Å². The van der Waals surface area contributed by atoms with Gasteiger partial charge in [-0.2, -0.15) is 0 Å². The van der Waals surface area contributed by atoms with Gasteiger partial charge in [-0.15, -0.1) is 0 Å². The monoisotopic (exact) mass is 682 g/mol. The van der Waals surface area contributed by atoms with Gasteiger partial charge in [0.1, 0.15) is 0 Å². The van der Waals surface area contributed by atoms with Crippen molar-refractivity contribution >= 4 is 64.6 Å². The predicted octanol–water partition coefficient (Wildman–Crippen LogP) is 15.3. The molecule has 0 saturated heterocycles. The van der Waals surface area contributed by atoms with Crippen LogP contribution in [0.3, 0.4) is 0 Å². The zero-order valence-corrected chi connectivity index (χ0v) is 29.6. The number of rotatable bonds is 4. The Bertz CT molecular complexity index is 3210. The van der Waals surface area contributed by atoms with E-state index < -0.39 is 0 Å². The van der Waals surface area contributed by atoms with Gasteiger partial charge in [0.05, 0.1) is 0 Å². The van der Waals surface area contributed by atoms with Gasteiger partial charge >= 0.3 is 0 Å². The predicted molar refractivity (Wildman–Crippen MR) is 233 cm³/mol. The Labute approximate surface area is 314 Å². The fraction of sp³-hybridized carbons (Fsp3) is 0. The Morgan fingerprint density at radius 2 is 0.481 bits per heavy atom. The van der Waals surface area contributed by atoms with Gasteiger partial charge in [-0.1, -0.05) is 194 Å². The summed E-state index contributed by atoms with van der Waals surface area (Å²) in [6, 6.07) is 76.0. The van der Waals surface area contributed by atoms with E-state index in [0.29, 0.717) is 0 Å². The molecule has 0 aliphatic rings. The van der Waals surface area contributed by atoms with Gasteiger partial charge < -0.3 is 0 Å². The largest absolute Gasteiger partial charge is 0.0622 e. The van der Waals surface area contributed by atoms with Crippen LogP contribution >= 0.6 is 0 Å². The van der Waals surface area contributed by atoms with E-state index in [1.807, 2.05) is 0 Å². The van der Waals surface area contributed by atoms with Crippen LogP contribution in [0.1, 0.15) is 0 Å². The van der Waals surface area contributed by atoms with E-state index in [4.69, 9.17) is 0 Å². The number of fused-ring (bicyclic) bond motifs is 9. The molecule has 0 saturated carbocycles. The van der Waals surface area contributed by atoms with Gasteiger partial charge in [-0.25, -0.2) is 0 Å². The van der Waals surface area contributed by atoms with E-state index in [1.54, 1.807) is 0 Å². The fourth-order valence-electron chi connectivity index (χ4n) is 9.06. The van der Waals surface area contributed by atoms with Crippen molar-refractivity contribution in [2.24, 2.45) is 0 Å². The molecule has 0 radical (unpaired) electrons. The molecule has 0 heterocycles. The van der Waals surface area contributed by atoms with Crippen LogP contribution in [0.2, 0.25) is 0 Å². The molecule has 250 valence electrons. The molecule has 54 heavy (non-hydrogen) atoms. The normalized spacial score (nSPS) is 11.7. The summed E-state index contributed by atoms with van der Waals surface area (Å²) in [7, 11) is 0. The lowest BCUT2D eigenvalue weighted by molar-refractivity contribution is 1.64. The zero-order valence-electron chi connectivity index (χ0n) is 29.6. The van der Waals surface area contributed by atoms with E-state index in [9.17, 15) is 0 Å². The molecule has 0 N–H and O–H groups in total. The first-order chi connectivity index (χ1) is 26.8. The molecule has 11 rings (SSSR count). The van der Waals surface area contributed by atoms with Gasteiger partial charge in [0.25, 0.3) is 0 Å². The fourth-order valence-corrected chi connectivity index (χ4v) is 9.06. The van der Waals surface area contributed by atoms with Crippen LogP contribution in [0.4, 0.5) is 0 Å². The van der Waals surface area contributed by atoms with E-state index in [1.165, 1.54) is 109 Å². The maximum Gasteiger partial charge on any atom is -0.00262 e. The molecule has 0 heteroatoms. The minimum Gasteiger partial charge on any atom is -0.0622 e. The minimum atomic E-state index is 1.22. The lowest BCUT2D eigenvalue weighted by Gasteiger charge is -2.19. The van der Waals surface area contributed by atoms with E-state index in [2.05, 4.69) is 206 Å². The third-order valence-corrected chi connectivity index (χ3v) is 11.4. The highest BCUT2D eigenvalue weighted by atomic mass is 14.2. The van der Waals surface area contributed by atoms with Gasteiger partial charge in [0.15, 0.2) is 0 Å². The standard InChI is InChI=1S/C54H34/c1-3-15-35(16-4-1)53-48-25-13-14-26-49(48)54(36-17-5-2-6-18-36)52-34-38(28-30-50(52)53)40-32-31-39(41-19-7-8-20-42(40)41)37-27-29-47-45-23-10-9-21-43(45)44-22-11-12-24-46(44)51(47)33-37/h1-34H. The summed E-state index contributed by atoms with van der Waals surface area (Å²) in [5.74, 6) is 0. The van der Waals surface area contributed by atoms with Crippen LogP contribution < -0.4 is 0 Å². The molecule has 0 nitrogen and oxygen atoms in total. The van der Waals surface area contributed by atoms with Crippen molar-refractivity contribution in [1.82, 2.24) is 0 Å². The van der Waals surface area contributed by atoms with Crippen molar-refractivity contribution in [1.29, 1.82) is 0 Å². The van der Waals surface area contributed by atoms with Crippen molar-refractivity contribution in [2.75, 3.05) is 0 Å². The maximum atomic E-state index is 2.44. The molecular weight excluding hydrogens is 649 g/mol. The molecule has 0 spiro atoms. The second kappa shape index (κ2) is 12.3. The summed E-state index contributed by atoms with van der Waals surface area (Å²) in [6.45, 7) is 0. The summed E-state index contributed by atoms with van der Waals surface area (Å²) in [6.07, 6.45) is 0. The Morgan fingerprint density at radius 1 is 0.167 bits per heavy atom. The third-order valence-electron chi connectivity index (χ3n) is 11.4. The van der Waals surface area contributed by atoms with Crippen LogP contribution in [0.15, 0.2) is 206 Å². The van der Waals surface area contributed by atoms with Crippen LogP contribution in [-0.2, 0) is 0 Å². The topological polar surface area (TPSA) is 0 Å². The Balaban J connectivity index is 1.15. The van der Waals surface area contributed by atoms with E-state index >= 15 is 0 Å². The number of benzene rings is 11. The summed E-state index contributed by atoms with van der Waals surface area (Å²) in [5, 5.41) is 15.4. The van der Waals surface area contributed by atoms with Crippen molar-refractivity contribution in [3.63, 3.8) is 0 Å². The van der Waals surface area contributed by atoms with E-state index in [-0.39, 0.29) is 0 Å². The minimum absolute atomic E-state index is 1.22. The average Bonchev–Trinajstić information content (AvgIpc) is 3.25. The van der Waals surface area contributed by atoms with Gasteiger partial charge in [0.2, 0.25) is 0 Å². The van der Waals surface area contributed by atoms with Crippen molar-refractivity contribution in [3.05, 3.63) is 206 Å². The van der Waals surface area contributed by atoms with Gasteiger partial charge in [0, 0.05) is 0 Å². The summed E-state index contributed by atoms with van der Waals surface area (Å²) in [4.78, 5) is 0. The molecule has 0 aliphatic heterocycles. The van der Waals surface area contributed by atoms with Crippen molar-refractivity contribution in [2.45, 2.75) is 0 Å². The smallest absolute Gasteiger partial charge is 0.00262 e. The second-order valence-corrected chi connectivity index (χ2v) is 14.3. The summed E-state index contributed by atoms with van der Waals surface area (Å²) < 4.78 is 0. The molecule has 0 aromatic heterocycles. The molecule has 11 aromatic rings. The van der Waals surface area contributed by atoms with Gasteiger partial charge in [-0.3, -0.25) is 0 Å². The quantitative estimate of drug-likeness (QED) is 0.128. The highest BCUT2D eigenvalue weighted by Gasteiger charge is 2.19. The number of hydrogen-bond donors (Lipinski definition) is 0. The lowest BCUT2D eigenvalue weighted by atomic mass is 9.84. The molecule has 0 bridgehead atoms. The first-order valence-electron chi connectivity index (χ1n) is 18.8. The first kappa shape index (κ1) is 30.6. The Kier molecular flexibility index (Phi) is 6.97. The second-order valence-electron chi connectivity index (χ2n) is 14.3. The average molecular weight is 683 g/mol. The van der Waals surface area contributed by atoms with Crippen molar-refractivity contribution in [3.8, 4) is 44.5 Å².